The summed E-state index contributed by atoms with van der Waals surface area (Å²) < 4.78 is 12.8. The SMILES string of the molecule is C[C@H](NC(=O)Nc1ccncc1)[C@H](O)c1ccc(F)cc1. The van der Waals surface area contributed by atoms with Crippen molar-refractivity contribution in [1.29, 1.82) is 0 Å². The molecule has 5 nitrogen and oxygen atoms in total. The number of aliphatic hydroxyl groups excluding tert-OH is 1. The quantitative estimate of drug-likeness (QED) is 0.809. The van der Waals surface area contributed by atoms with Crippen LogP contribution in [0.2, 0.25) is 0 Å². The van der Waals surface area contributed by atoms with Gasteiger partial charge >= 0.3 is 6.03 Å². The van der Waals surface area contributed by atoms with Crippen molar-refractivity contribution in [2.24, 2.45) is 0 Å². The number of nitrogens with one attached hydrogen (secondary N) is 2. The molecule has 0 unspecified atom stereocenters. The molecule has 2 rings (SSSR count). The van der Waals surface area contributed by atoms with Crippen LogP contribution in [0.5, 0.6) is 0 Å². The fourth-order valence-corrected chi connectivity index (χ4v) is 1.84. The van der Waals surface area contributed by atoms with Crippen LogP contribution in [-0.2, 0) is 0 Å². The van der Waals surface area contributed by atoms with E-state index in [1.807, 2.05) is 0 Å². The highest BCUT2D eigenvalue weighted by Crippen LogP contribution is 2.17. The lowest BCUT2D eigenvalue weighted by Gasteiger charge is -2.20. The number of rotatable bonds is 4. The Bertz CT molecular complexity index is 590. The molecule has 6 heteroatoms. The first-order valence-corrected chi connectivity index (χ1v) is 6.47. The van der Waals surface area contributed by atoms with Gasteiger partial charge in [0, 0.05) is 18.1 Å². The van der Waals surface area contributed by atoms with Crippen LogP contribution in [0, 0.1) is 5.82 Å². The van der Waals surface area contributed by atoms with Crippen molar-refractivity contribution in [3.63, 3.8) is 0 Å². The molecule has 0 fully saturated rings. The highest BCUT2D eigenvalue weighted by atomic mass is 19.1. The molecule has 2 amide bonds. The number of benzene rings is 1. The fraction of sp³-hybridized carbons (Fsp3) is 0.200. The molecule has 2 aromatic rings. The third-order valence-corrected chi connectivity index (χ3v) is 2.98. The first-order chi connectivity index (χ1) is 10.1. The second-order valence-corrected chi connectivity index (χ2v) is 4.62. The van der Waals surface area contributed by atoms with Crippen molar-refractivity contribution < 1.29 is 14.3 Å². The molecule has 0 aliphatic carbocycles. The van der Waals surface area contributed by atoms with Gasteiger partial charge in [-0.15, -0.1) is 0 Å². The minimum atomic E-state index is -0.922. The molecule has 21 heavy (non-hydrogen) atoms. The first-order valence-electron chi connectivity index (χ1n) is 6.47. The van der Waals surface area contributed by atoms with Crippen molar-refractivity contribution in [3.05, 3.63) is 60.2 Å². The van der Waals surface area contributed by atoms with E-state index in [1.165, 1.54) is 24.3 Å². The van der Waals surface area contributed by atoms with E-state index in [0.29, 0.717) is 11.3 Å². The summed E-state index contributed by atoms with van der Waals surface area (Å²) >= 11 is 0. The smallest absolute Gasteiger partial charge is 0.319 e. The molecule has 1 aromatic heterocycles. The van der Waals surface area contributed by atoms with Gasteiger partial charge in [-0.05, 0) is 36.8 Å². The number of nitrogens with zero attached hydrogens (tertiary/aromatic N) is 1. The van der Waals surface area contributed by atoms with Crippen LogP contribution >= 0.6 is 0 Å². The molecule has 0 radical (unpaired) electrons. The molecule has 1 aromatic carbocycles. The highest BCUT2D eigenvalue weighted by Gasteiger charge is 2.18. The number of amides is 2. The number of hydrogen-bond donors (Lipinski definition) is 3. The Hall–Kier alpha value is -2.47. The summed E-state index contributed by atoms with van der Waals surface area (Å²) in [6.45, 7) is 1.67. The number of anilines is 1. The first kappa shape index (κ1) is 14.9. The van der Waals surface area contributed by atoms with Crippen LogP contribution in [0.1, 0.15) is 18.6 Å². The lowest BCUT2D eigenvalue weighted by molar-refractivity contribution is 0.139. The Kier molecular flexibility index (Phi) is 4.84. The van der Waals surface area contributed by atoms with E-state index >= 15 is 0 Å². The highest BCUT2D eigenvalue weighted by molar-refractivity contribution is 5.89. The lowest BCUT2D eigenvalue weighted by atomic mass is 10.0. The Morgan fingerprint density at radius 3 is 2.43 bits per heavy atom. The van der Waals surface area contributed by atoms with E-state index in [4.69, 9.17) is 0 Å². The zero-order chi connectivity index (χ0) is 15.2. The number of hydrogen-bond acceptors (Lipinski definition) is 3. The van der Waals surface area contributed by atoms with Crippen molar-refractivity contribution in [3.8, 4) is 0 Å². The monoisotopic (exact) mass is 289 g/mol. The second kappa shape index (κ2) is 6.81. The Morgan fingerprint density at radius 1 is 1.19 bits per heavy atom. The van der Waals surface area contributed by atoms with Gasteiger partial charge in [0.05, 0.1) is 12.1 Å². The Balaban J connectivity index is 1.92. The molecule has 3 N–H and O–H groups in total. The van der Waals surface area contributed by atoms with Crippen molar-refractivity contribution in [1.82, 2.24) is 10.3 Å². The Morgan fingerprint density at radius 2 is 1.81 bits per heavy atom. The maximum Gasteiger partial charge on any atom is 0.319 e. The number of urea groups is 1. The minimum absolute atomic E-state index is 0.373. The number of aromatic nitrogens is 1. The molecule has 2 atom stereocenters. The topological polar surface area (TPSA) is 74.2 Å². The van der Waals surface area contributed by atoms with Gasteiger partial charge in [0.1, 0.15) is 5.82 Å². The van der Waals surface area contributed by atoms with Gasteiger partial charge in [0.2, 0.25) is 0 Å². The van der Waals surface area contributed by atoms with Crippen molar-refractivity contribution in [2.75, 3.05) is 5.32 Å². The zero-order valence-corrected chi connectivity index (χ0v) is 11.5. The summed E-state index contributed by atoms with van der Waals surface area (Å²) in [6, 6.07) is 7.84. The van der Waals surface area contributed by atoms with Crippen molar-refractivity contribution >= 4 is 11.7 Å². The summed E-state index contributed by atoms with van der Waals surface area (Å²) in [5.41, 5.74) is 1.14. The summed E-state index contributed by atoms with van der Waals surface area (Å²) in [4.78, 5) is 15.6. The summed E-state index contributed by atoms with van der Waals surface area (Å²) in [6.07, 6.45) is 2.20. The molecule has 0 aliphatic rings. The maximum atomic E-state index is 12.8. The number of pyridine rings is 1. The van der Waals surface area contributed by atoms with Gasteiger partial charge in [-0.25, -0.2) is 9.18 Å². The van der Waals surface area contributed by atoms with Crippen LogP contribution in [0.3, 0.4) is 0 Å². The zero-order valence-electron chi connectivity index (χ0n) is 11.5. The van der Waals surface area contributed by atoms with Gasteiger partial charge in [-0.2, -0.15) is 0 Å². The molecule has 0 saturated heterocycles. The van der Waals surface area contributed by atoms with E-state index in [2.05, 4.69) is 15.6 Å². The van der Waals surface area contributed by atoms with Crippen molar-refractivity contribution in [2.45, 2.75) is 19.1 Å². The van der Waals surface area contributed by atoms with E-state index in [0.717, 1.165) is 0 Å². The van der Waals surface area contributed by atoms with Gasteiger partial charge in [0.25, 0.3) is 0 Å². The molecule has 110 valence electrons. The van der Waals surface area contributed by atoms with E-state index in [-0.39, 0.29) is 5.82 Å². The predicted octanol–water partition coefficient (Wildman–Crippen LogP) is 2.46. The average Bonchev–Trinajstić information content (AvgIpc) is 2.48. The molecule has 0 saturated carbocycles. The van der Waals surface area contributed by atoms with Gasteiger partial charge < -0.3 is 15.7 Å². The fourth-order valence-electron chi connectivity index (χ4n) is 1.84. The van der Waals surface area contributed by atoms with Gasteiger partial charge in [-0.1, -0.05) is 12.1 Å². The third-order valence-electron chi connectivity index (χ3n) is 2.98. The summed E-state index contributed by atoms with van der Waals surface area (Å²) in [5, 5.41) is 15.4. The second-order valence-electron chi connectivity index (χ2n) is 4.62. The molecular formula is C15H16FN3O2. The van der Waals surface area contributed by atoms with E-state index < -0.39 is 18.2 Å². The standard InChI is InChI=1S/C15H16FN3O2/c1-10(14(20)11-2-4-12(16)5-3-11)18-15(21)19-13-6-8-17-9-7-13/h2-10,14,20H,1H3,(H2,17,18,19,21)/t10-,14-/m0/s1. The molecule has 1 heterocycles. The van der Waals surface area contributed by atoms with Crippen LogP contribution in [0.15, 0.2) is 48.8 Å². The van der Waals surface area contributed by atoms with Crippen LogP contribution in [-0.4, -0.2) is 22.2 Å². The van der Waals surface area contributed by atoms with Gasteiger partial charge in [0.15, 0.2) is 0 Å². The largest absolute Gasteiger partial charge is 0.386 e. The number of halogens is 1. The Labute approximate surface area is 121 Å². The van der Waals surface area contributed by atoms with Gasteiger partial charge in [-0.3, -0.25) is 4.98 Å². The summed E-state index contributed by atoms with van der Waals surface area (Å²) in [5.74, 6) is -0.373. The predicted molar refractivity (Wildman–Crippen MR) is 77.2 cm³/mol. The van der Waals surface area contributed by atoms with Crippen LogP contribution < -0.4 is 10.6 Å². The van der Waals surface area contributed by atoms with E-state index in [1.54, 1.807) is 31.5 Å². The number of aliphatic hydroxyl groups is 1. The number of carbonyl (C=O) groups excluding carboxylic acids is 1. The van der Waals surface area contributed by atoms with E-state index in [9.17, 15) is 14.3 Å². The molecule has 0 aliphatic heterocycles. The average molecular weight is 289 g/mol. The maximum absolute atomic E-state index is 12.8. The number of carbonyl (C=O) groups is 1. The third kappa shape index (κ3) is 4.25. The molecule has 0 spiro atoms. The normalized spacial score (nSPS) is 13.3. The summed E-state index contributed by atoms with van der Waals surface area (Å²) in [7, 11) is 0. The van der Waals surface area contributed by atoms with Crippen LogP contribution in [0.25, 0.3) is 0 Å². The lowest BCUT2D eigenvalue weighted by Crippen LogP contribution is -2.39. The van der Waals surface area contributed by atoms with Crippen LogP contribution in [0.4, 0.5) is 14.9 Å². The molecular weight excluding hydrogens is 273 g/mol. The minimum Gasteiger partial charge on any atom is -0.386 e. The molecule has 0 bridgehead atoms.